The van der Waals surface area contributed by atoms with Gasteiger partial charge in [0, 0.05) is 5.56 Å². The lowest BCUT2D eigenvalue weighted by Crippen LogP contribution is -2.28. The highest BCUT2D eigenvalue weighted by Gasteiger charge is 2.25. The highest BCUT2D eigenvalue weighted by molar-refractivity contribution is 6.13. The van der Waals surface area contributed by atoms with Gasteiger partial charge in [0.05, 0.1) is 0 Å². The van der Waals surface area contributed by atoms with Gasteiger partial charge in [0.15, 0.2) is 0 Å². The zero-order valence-corrected chi connectivity index (χ0v) is 9.25. The lowest BCUT2D eigenvalue weighted by atomic mass is 10.1. The molecule has 3 nitrogen and oxygen atoms in total. The number of hydrogen-bond donors (Lipinski definition) is 1. The minimum absolute atomic E-state index is 0.112. The minimum atomic E-state index is -0.335. The second kappa shape index (κ2) is 4.04. The predicted octanol–water partition coefficient (Wildman–Crippen LogP) is 1.79. The maximum Gasteiger partial charge on any atom is 0.250 e. The van der Waals surface area contributed by atoms with E-state index in [1.165, 1.54) is 12.1 Å². The van der Waals surface area contributed by atoms with Gasteiger partial charge in [0.25, 0.3) is 0 Å². The molecule has 0 saturated heterocycles. The van der Waals surface area contributed by atoms with Gasteiger partial charge in [-0.3, -0.25) is 9.79 Å². The van der Waals surface area contributed by atoms with Crippen LogP contribution >= 0.6 is 0 Å². The van der Waals surface area contributed by atoms with Crippen LogP contribution in [-0.2, 0) is 4.79 Å². The Bertz CT molecular complexity index is 448. The van der Waals surface area contributed by atoms with Crippen molar-refractivity contribution in [3.05, 3.63) is 35.1 Å². The maximum absolute atomic E-state index is 13.2. The van der Waals surface area contributed by atoms with E-state index in [0.717, 1.165) is 5.56 Å². The average molecular weight is 220 g/mol. The second-order valence-electron chi connectivity index (χ2n) is 3.91. The molecule has 1 aromatic rings. The molecule has 0 bridgehead atoms. The zero-order valence-electron chi connectivity index (χ0n) is 9.25. The van der Waals surface area contributed by atoms with E-state index in [2.05, 4.69) is 10.3 Å². The van der Waals surface area contributed by atoms with Crippen LogP contribution in [0.15, 0.2) is 23.2 Å². The van der Waals surface area contributed by atoms with E-state index in [9.17, 15) is 9.18 Å². The van der Waals surface area contributed by atoms with Gasteiger partial charge in [0.2, 0.25) is 5.91 Å². The lowest BCUT2D eigenvalue weighted by Gasteiger charge is -2.02. The van der Waals surface area contributed by atoms with Crippen molar-refractivity contribution in [1.29, 1.82) is 0 Å². The molecule has 1 aliphatic heterocycles. The Morgan fingerprint density at radius 3 is 2.75 bits per heavy atom. The van der Waals surface area contributed by atoms with E-state index in [4.69, 9.17) is 0 Å². The van der Waals surface area contributed by atoms with E-state index in [1.807, 2.05) is 6.92 Å². The molecule has 1 atom stereocenters. The number of aryl methyl sites for hydroxylation is 1. The molecule has 1 aliphatic rings. The third-order valence-corrected chi connectivity index (χ3v) is 2.53. The first-order valence-electron chi connectivity index (χ1n) is 5.26. The monoisotopic (exact) mass is 220 g/mol. The Morgan fingerprint density at radius 1 is 1.44 bits per heavy atom. The smallest absolute Gasteiger partial charge is 0.250 e. The quantitative estimate of drug-likeness (QED) is 0.811. The molecule has 0 saturated carbocycles. The summed E-state index contributed by atoms with van der Waals surface area (Å²) in [6.45, 7) is 3.70. The Labute approximate surface area is 93.4 Å². The second-order valence-corrected chi connectivity index (χ2v) is 3.91. The van der Waals surface area contributed by atoms with Crippen LogP contribution in [0.25, 0.3) is 0 Å². The number of rotatable bonds is 2. The molecule has 1 unspecified atom stereocenters. The first kappa shape index (κ1) is 10.8. The van der Waals surface area contributed by atoms with Gasteiger partial charge in [-0.15, -0.1) is 0 Å². The third-order valence-electron chi connectivity index (χ3n) is 2.53. The largest absolute Gasteiger partial charge is 0.309 e. The van der Waals surface area contributed by atoms with Crippen LogP contribution in [0.5, 0.6) is 0 Å². The van der Waals surface area contributed by atoms with Crippen molar-refractivity contribution >= 4 is 11.7 Å². The lowest BCUT2D eigenvalue weighted by molar-refractivity contribution is -0.120. The van der Waals surface area contributed by atoms with Crippen molar-refractivity contribution in [2.75, 3.05) is 0 Å². The summed E-state index contributed by atoms with van der Waals surface area (Å²) in [7, 11) is 0. The molecular weight excluding hydrogens is 207 g/mol. The fourth-order valence-corrected chi connectivity index (χ4v) is 1.74. The van der Waals surface area contributed by atoms with Crippen molar-refractivity contribution in [3.63, 3.8) is 0 Å². The van der Waals surface area contributed by atoms with Crippen molar-refractivity contribution in [2.45, 2.75) is 26.3 Å². The van der Waals surface area contributed by atoms with Gasteiger partial charge < -0.3 is 5.32 Å². The standard InChI is InChI=1S/C12H13FN2O/c1-3-10-12(16)15-11(14-10)8-4-7(2)5-9(13)6-8/h4-6,10H,3H2,1-2H3,(H,14,15,16). The summed E-state index contributed by atoms with van der Waals surface area (Å²) in [6.07, 6.45) is 0.656. The van der Waals surface area contributed by atoms with Gasteiger partial charge >= 0.3 is 0 Å². The van der Waals surface area contributed by atoms with Crippen molar-refractivity contribution < 1.29 is 9.18 Å². The van der Waals surface area contributed by atoms with Crippen molar-refractivity contribution in [1.82, 2.24) is 5.32 Å². The summed E-state index contributed by atoms with van der Waals surface area (Å²) < 4.78 is 13.2. The Kier molecular flexibility index (Phi) is 2.73. The Morgan fingerprint density at radius 2 is 2.19 bits per heavy atom. The molecule has 84 valence electrons. The number of nitrogens with zero attached hydrogens (tertiary/aromatic N) is 1. The maximum atomic E-state index is 13.2. The molecular formula is C12H13FN2O. The molecule has 0 fully saturated rings. The number of amidine groups is 1. The van der Waals surface area contributed by atoms with Crippen LogP contribution in [0.2, 0.25) is 0 Å². The van der Waals surface area contributed by atoms with Gasteiger partial charge in [-0.05, 0) is 37.1 Å². The number of amides is 1. The molecule has 1 N–H and O–H groups in total. The van der Waals surface area contributed by atoms with Crippen LogP contribution in [0, 0.1) is 12.7 Å². The molecule has 0 spiro atoms. The molecule has 1 heterocycles. The van der Waals surface area contributed by atoms with E-state index in [0.29, 0.717) is 17.8 Å². The normalized spacial score (nSPS) is 19.6. The average Bonchev–Trinajstić information content (AvgIpc) is 2.58. The molecule has 1 aromatic carbocycles. The zero-order chi connectivity index (χ0) is 11.7. The summed E-state index contributed by atoms with van der Waals surface area (Å²) in [5.74, 6) is 0.0470. The summed E-state index contributed by atoms with van der Waals surface area (Å²) in [5, 5.41) is 2.67. The van der Waals surface area contributed by atoms with E-state index >= 15 is 0 Å². The number of carbonyl (C=O) groups excluding carboxylic acids is 1. The molecule has 2 rings (SSSR count). The number of benzene rings is 1. The van der Waals surface area contributed by atoms with Crippen LogP contribution in [0.1, 0.15) is 24.5 Å². The van der Waals surface area contributed by atoms with Gasteiger partial charge in [0.1, 0.15) is 17.7 Å². The summed E-state index contributed by atoms with van der Waals surface area (Å²) >= 11 is 0. The topological polar surface area (TPSA) is 41.5 Å². The van der Waals surface area contributed by atoms with Gasteiger partial charge in [-0.25, -0.2) is 4.39 Å². The van der Waals surface area contributed by atoms with Crippen LogP contribution in [0.4, 0.5) is 4.39 Å². The molecule has 1 amide bonds. The van der Waals surface area contributed by atoms with E-state index in [1.54, 1.807) is 13.0 Å². The van der Waals surface area contributed by atoms with Crippen molar-refractivity contribution in [2.24, 2.45) is 4.99 Å². The molecule has 16 heavy (non-hydrogen) atoms. The SMILES string of the molecule is CCC1N=C(c2cc(C)cc(F)c2)NC1=O. The van der Waals surface area contributed by atoms with Gasteiger partial charge in [-0.2, -0.15) is 0 Å². The van der Waals surface area contributed by atoms with E-state index < -0.39 is 0 Å². The minimum Gasteiger partial charge on any atom is -0.309 e. The summed E-state index contributed by atoms with van der Waals surface area (Å²) in [4.78, 5) is 15.7. The first-order chi connectivity index (χ1) is 7.60. The van der Waals surface area contributed by atoms with Crippen LogP contribution in [-0.4, -0.2) is 17.8 Å². The summed E-state index contributed by atoms with van der Waals surface area (Å²) in [5.41, 5.74) is 1.44. The fourth-order valence-electron chi connectivity index (χ4n) is 1.74. The Hall–Kier alpha value is -1.71. The van der Waals surface area contributed by atoms with E-state index in [-0.39, 0.29) is 17.8 Å². The number of carbonyl (C=O) groups is 1. The highest BCUT2D eigenvalue weighted by atomic mass is 19.1. The summed E-state index contributed by atoms with van der Waals surface area (Å²) in [6, 6.07) is 4.29. The van der Waals surface area contributed by atoms with Crippen LogP contribution < -0.4 is 5.32 Å². The number of halogens is 1. The van der Waals surface area contributed by atoms with Crippen molar-refractivity contribution in [3.8, 4) is 0 Å². The predicted molar refractivity (Wildman–Crippen MR) is 59.9 cm³/mol. The number of aliphatic imine (C=N–C) groups is 1. The highest BCUT2D eigenvalue weighted by Crippen LogP contribution is 2.13. The number of hydrogen-bond acceptors (Lipinski definition) is 2. The molecule has 0 radical (unpaired) electrons. The molecule has 0 aromatic heterocycles. The number of nitrogens with one attached hydrogen (secondary N) is 1. The first-order valence-corrected chi connectivity index (χ1v) is 5.26. The molecule has 4 heteroatoms. The van der Waals surface area contributed by atoms with Crippen LogP contribution in [0.3, 0.4) is 0 Å². The Balaban J connectivity index is 2.35. The third kappa shape index (κ3) is 1.96. The molecule has 0 aliphatic carbocycles. The fraction of sp³-hybridized carbons (Fsp3) is 0.333. The van der Waals surface area contributed by atoms with Gasteiger partial charge in [-0.1, -0.05) is 6.92 Å².